The van der Waals surface area contributed by atoms with Crippen molar-refractivity contribution in [2.24, 2.45) is 5.92 Å². The van der Waals surface area contributed by atoms with Gasteiger partial charge in [-0.1, -0.05) is 0 Å². The summed E-state index contributed by atoms with van der Waals surface area (Å²) in [5, 5.41) is 2.77. The van der Waals surface area contributed by atoms with Crippen molar-refractivity contribution in [3.8, 4) is 0 Å². The standard InChI is InChI=1S/C15H21FN2O4S/c1-22-11-8-17-15(19)12-6-9-18(10-7-12)23(20,21)14-4-2-13(16)3-5-14/h2-5,12H,6-11H2,1H3,(H,17,19). The number of nitrogens with zero attached hydrogens (tertiary/aromatic N) is 1. The smallest absolute Gasteiger partial charge is 0.243 e. The lowest BCUT2D eigenvalue weighted by Crippen LogP contribution is -2.43. The van der Waals surface area contributed by atoms with E-state index in [1.54, 1.807) is 7.11 Å². The summed E-state index contributed by atoms with van der Waals surface area (Å²) in [6.45, 7) is 1.46. The van der Waals surface area contributed by atoms with Gasteiger partial charge in [-0.25, -0.2) is 12.8 Å². The predicted molar refractivity (Wildman–Crippen MR) is 82.8 cm³/mol. The molecule has 0 saturated carbocycles. The van der Waals surface area contributed by atoms with Crippen LogP contribution in [0.3, 0.4) is 0 Å². The molecular weight excluding hydrogens is 323 g/mol. The van der Waals surface area contributed by atoms with Crippen molar-refractivity contribution in [2.45, 2.75) is 17.7 Å². The average Bonchev–Trinajstić information content (AvgIpc) is 2.55. The molecule has 6 nitrogen and oxygen atoms in total. The highest BCUT2D eigenvalue weighted by atomic mass is 32.2. The molecule has 0 spiro atoms. The van der Waals surface area contributed by atoms with Crippen molar-refractivity contribution < 1.29 is 22.3 Å². The summed E-state index contributed by atoms with van der Waals surface area (Å²) in [6, 6.07) is 4.77. The van der Waals surface area contributed by atoms with E-state index in [0.717, 1.165) is 12.1 Å². The largest absolute Gasteiger partial charge is 0.383 e. The van der Waals surface area contributed by atoms with E-state index < -0.39 is 15.8 Å². The fourth-order valence-corrected chi connectivity index (χ4v) is 4.00. The number of methoxy groups -OCH3 is 1. The normalized spacial score (nSPS) is 17.1. The van der Waals surface area contributed by atoms with E-state index in [1.165, 1.54) is 16.4 Å². The third kappa shape index (κ3) is 4.49. The lowest BCUT2D eigenvalue weighted by Gasteiger charge is -2.30. The maximum Gasteiger partial charge on any atom is 0.243 e. The quantitative estimate of drug-likeness (QED) is 0.781. The Labute approximate surface area is 135 Å². The number of carbonyl (C=O) groups is 1. The number of benzene rings is 1. The van der Waals surface area contributed by atoms with Crippen molar-refractivity contribution in [2.75, 3.05) is 33.4 Å². The Balaban J connectivity index is 1.93. The SMILES string of the molecule is COCCNC(=O)C1CCN(S(=O)(=O)c2ccc(F)cc2)CC1. The maximum atomic E-state index is 12.9. The highest BCUT2D eigenvalue weighted by Gasteiger charge is 2.31. The first-order chi connectivity index (χ1) is 10.9. The molecule has 23 heavy (non-hydrogen) atoms. The molecule has 1 aliphatic rings. The zero-order chi connectivity index (χ0) is 16.9. The number of piperidine rings is 1. The highest BCUT2D eigenvalue weighted by Crippen LogP contribution is 2.24. The second kappa shape index (κ2) is 7.85. The summed E-state index contributed by atoms with van der Waals surface area (Å²) >= 11 is 0. The molecule has 1 aromatic carbocycles. The highest BCUT2D eigenvalue weighted by molar-refractivity contribution is 7.89. The Hall–Kier alpha value is -1.51. The van der Waals surface area contributed by atoms with E-state index in [-0.39, 0.29) is 29.8 Å². The molecule has 2 rings (SSSR count). The second-order valence-corrected chi connectivity index (χ2v) is 7.35. The summed E-state index contributed by atoms with van der Waals surface area (Å²) in [6.07, 6.45) is 0.943. The van der Waals surface area contributed by atoms with E-state index in [2.05, 4.69) is 5.32 Å². The Morgan fingerprint density at radius 1 is 1.30 bits per heavy atom. The number of sulfonamides is 1. The van der Waals surface area contributed by atoms with E-state index in [0.29, 0.717) is 26.0 Å². The lowest BCUT2D eigenvalue weighted by atomic mass is 9.97. The van der Waals surface area contributed by atoms with Gasteiger partial charge in [0.05, 0.1) is 11.5 Å². The summed E-state index contributed by atoms with van der Waals surface area (Å²) in [5.41, 5.74) is 0. The predicted octanol–water partition coefficient (Wildman–Crippen LogP) is 0.989. The van der Waals surface area contributed by atoms with Crippen LogP contribution < -0.4 is 5.32 Å². The van der Waals surface area contributed by atoms with Gasteiger partial charge in [0.25, 0.3) is 0 Å². The fraction of sp³-hybridized carbons (Fsp3) is 0.533. The van der Waals surface area contributed by atoms with Gasteiger partial charge in [0, 0.05) is 32.7 Å². The molecule has 1 saturated heterocycles. The van der Waals surface area contributed by atoms with E-state index in [9.17, 15) is 17.6 Å². The summed E-state index contributed by atoms with van der Waals surface area (Å²) in [5.74, 6) is -0.734. The van der Waals surface area contributed by atoms with Crippen LogP contribution in [-0.4, -0.2) is 52.0 Å². The Morgan fingerprint density at radius 2 is 1.91 bits per heavy atom. The van der Waals surface area contributed by atoms with Gasteiger partial charge in [0.15, 0.2) is 0 Å². The molecule has 1 aliphatic heterocycles. The van der Waals surface area contributed by atoms with Crippen LogP contribution in [0.1, 0.15) is 12.8 Å². The zero-order valence-electron chi connectivity index (χ0n) is 13.0. The molecule has 0 aliphatic carbocycles. The van der Waals surface area contributed by atoms with Gasteiger partial charge in [0.1, 0.15) is 5.82 Å². The average molecular weight is 344 g/mol. The van der Waals surface area contributed by atoms with Crippen molar-refractivity contribution in [1.29, 1.82) is 0 Å². The molecule has 0 unspecified atom stereocenters. The molecule has 1 amide bonds. The van der Waals surface area contributed by atoms with Gasteiger partial charge >= 0.3 is 0 Å². The first-order valence-electron chi connectivity index (χ1n) is 7.47. The number of halogens is 1. The van der Waals surface area contributed by atoms with Crippen LogP contribution >= 0.6 is 0 Å². The molecule has 1 N–H and O–H groups in total. The third-order valence-corrected chi connectivity index (χ3v) is 5.79. The molecule has 0 radical (unpaired) electrons. The van der Waals surface area contributed by atoms with Gasteiger partial charge in [-0.3, -0.25) is 4.79 Å². The van der Waals surface area contributed by atoms with Crippen molar-refractivity contribution in [3.05, 3.63) is 30.1 Å². The lowest BCUT2D eigenvalue weighted by molar-refractivity contribution is -0.126. The van der Waals surface area contributed by atoms with Crippen LogP contribution in [0.5, 0.6) is 0 Å². The maximum absolute atomic E-state index is 12.9. The number of rotatable bonds is 6. The van der Waals surface area contributed by atoms with Crippen LogP contribution in [0.15, 0.2) is 29.2 Å². The number of hydrogen-bond donors (Lipinski definition) is 1. The minimum absolute atomic E-state index is 0.0686. The summed E-state index contributed by atoms with van der Waals surface area (Å²) < 4.78 is 44.1. The van der Waals surface area contributed by atoms with Gasteiger partial charge in [-0.2, -0.15) is 4.31 Å². The molecule has 0 bridgehead atoms. The van der Waals surface area contributed by atoms with Crippen molar-refractivity contribution >= 4 is 15.9 Å². The topological polar surface area (TPSA) is 75.7 Å². The first kappa shape index (κ1) is 17.8. The van der Waals surface area contributed by atoms with Crippen LogP contribution in [0.4, 0.5) is 4.39 Å². The summed E-state index contributed by atoms with van der Waals surface area (Å²) in [7, 11) is -2.07. The zero-order valence-corrected chi connectivity index (χ0v) is 13.8. The number of carbonyl (C=O) groups excluding carboxylic acids is 1. The molecule has 128 valence electrons. The fourth-order valence-electron chi connectivity index (χ4n) is 2.53. The molecular formula is C15H21FN2O4S. The number of nitrogens with one attached hydrogen (secondary N) is 1. The number of amides is 1. The van der Waals surface area contributed by atoms with Crippen molar-refractivity contribution in [1.82, 2.24) is 9.62 Å². The third-order valence-electron chi connectivity index (χ3n) is 3.88. The monoisotopic (exact) mass is 344 g/mol. The Bertz CT molecular complexity index is 625. The van der Waals surface area contributed by atoms with Gasteiger partial charge in [0.2, 0.25) is 15.9 Å². The van der Waals surface area contributed by atoms with Gasteiger partial charge in [-0.05, 0) is 37.1 Å². The van der Waals surface area contributed by atoms with Crippen LogP contribution in [0.2, 0.25) is 0 Å². The van der Waals surface area contributed by atoms with E-state index in [1.807, 2.05) is 0 Å². The number of ether oxygens (including phenoxy) is 1. The minimum Gasteiger partial charge on any atom is -0.383 e. The Kier molecular flexibility index (Phi) is 6.09. The molecule has 1 heterocycles. The minimum atomic E-state index is -3.63. The van der Waals surface area contributed by atoms with E-state index >= 15 is 0 Å². The summed E-state index contributed by atoms with van der Waals surface area (Å²) in [4.78, 5) is 12.0. The molecule has 8 heteroatoms. The molecule has 0 aromatic heterocycles. The second-order valence-electron chi connectivity index (χ2n) is 5.42. The van der Waals surface area contributed by atoms with Crippen molar-refractivity contribution in [3.63, 3.8) is 0 Å². The molecule has 1 fully saturated rings. The van der Waals surface area contributed by atoms with E-state index in [4.69, 9.17) is 4.74 Å². The van der Waals surface area contributed by atoms with Crippen LogP contribution in [0.25, 0.3) is 0 Å². The van der Waals surface area contributed by atoms with Crippen LogP contribution in [-0.2, 0) is 19.6 Å². The molecule has 1 aromatic rings. The van der Waals surface area contributed by atoms with Gasteiger partial charge in [-0.15, -0.1) is 0 Å². The Morgan fingerprint density at radius 3 is 2.48 bits per heavy atom. The van der Waals surface area contributed by atoms with Crippen LogP contribution in [0, 0.1) is 11.7 Å². The molecule has 0 atom stereocenters. The number of hydrogen-bond acceptors (Lipinski definition) is 4. The van der Waals surface area contributed by atoms with Gasteiger partial charge < -0.3 is 10.1 Å². The first-order valence-corrected chi connectivity index (χ1v) is 8.91.